The van der Waals surface area contributed by atoms with Gasteiger partial charge in [0, 0.05) is 19.0 Å². The van der Waals surface area contributed by atoms with Crippen LogP contribution in [0.1, 0.15) is 6.42 Å². The van der Waals surface area contributed by atoms with E-state index < -0.39 is 0 Å². The van der Waals surface area contributed by atoms with Gasteiger partial charge < -0.3 is 9.64 Å². The van der Waals surface area contributed by atoms with E-state index in [1.54, 1.807) is 30.3 Å². The third-order valence-corrected chi connectivity index (χ3v) is 4.12. The summed E-state index contributed by atoms with van der Waals surface area (Å²) in [5.41, 5.74) is -0.253. The van der Waals surface area contributed by atoms with Gasteiger partial charge in [-0.05, 0) is 24.6 Å². The lowest BCUT2D eigenvalue weighted by Crippen LogP contribution is -2.35. The van der Waals surface area contributed by atoms with Crippen molar-refractivity contribution in [3.63, 3.8) is 0 Å². The number of aromatic nitrogens is 2. The van der Waals surface area contributed by atoms with Gasteiger partial charge in [-0.3, -0.25) is 9.59 Å². The number of fused-ring (bicyclic) bond motifs is 1. The van der Waals surface area contributed by atoms with Crippen LogP contribution < -0.4 is 10.3 Å². The number of ether oxygens (including phenoxy) is 1. The smallest absolute Gasteiger partial charge is 0.275 e. The van der Waals surface area contributed by atoms with E-state index in [1.165, 1.54) is 4.68 Å². The van der Waals surface area contributed by atoms with Crippen LogP contribution in [0, 0.1) is 0 Å². The van der Waals surface area contributed by atoms with Crippen molar-refractivity contribution in [3.05, 3.63) is 71.1 Å². The van der Waals surface area contributed by atoms with E-state index in [0.717, 1.165) is 11.1 Å². The fourth-order valence-corrected chi connectivity index (χ4v) is 2.62. The van der Waals surface area contributed by atoms with Crippen LogP contribution in [0.2, 0.25) is 0 Å². The van der Waals surface area contributed by atoms with Crippen molar-refractivity contribution in [2.45, 2.75) is 13.0 Å². The number of carbonyl (C=O) groups is 1. The Balaban J connectivity index is 1.53. The van der Waals surface area contributed by atoms with Crippen LogP contribution in [0.4, 0.5) is 0 Å². The van der Waals surface area contributed by atoms with Gasteiger partial charge in [0.15, 0.2) is 0 Å². The summed E-state index contributed by atoms with van der Waals surface area (Å²) >= 11 is 0. The van der Waals surface area contributed by atoms with Crippen LogP contribution in [-0.2, 0) is 11.3 Å². The van der Waals surface area contributed by atoms with E-state index >= 15 is 0 Å². The van der Waals surface area contributed by atoms with E-state index in [-0.39, 0.29) is 18.0 Å². The molecule has 26 heavy (non-hydrogen) atoms. The van der Waals surface area contributed by atoms with Gasteiger partial charge >= 0.3 is 0 Å². The average Bonchev–Trinajstić information content (AvgIpc) is 2.68. The Bertz CT molecular complexity index is 938. The number of rotatable bonds is 7. The third kappa shape index (κ3) is 4.27. The number of hydrogen-bond donors (Lipinski definition) is 0. The Morgan fingerprint density at radius 1 is 1.12 bits per heavy atom. The summed E-state index contributed by atoms with van der Waals surface area (Å²) in [6, 6.07) is 16.8. The summed E-state index contributed by atoms with van der Waals surface area (Å²) in [6.45, 7) is 1.00. The zero-order valence-electron chi connectivity index (χ0n) is 14.7. The SMILES string of the molecule is CN(CCCOc1ccccc1)C(=O)Cn1ncc2ccccc2c1=O. The van der Waals surface area contributed by atoms with Gasteiger partial charge in [0.1, 0.15) is 12.3 Å². The standard InChI is InChI=1S/C20H21N3O3/c1-22(12-7-13-26-17-9-3-2-4-10-17)19(24)15-23-20(25)18-11-6-5-8-16(18)14-21-23/h2-6,8-11,14H,7,12-13,15H2,1H3. The second-order valence-corrected chi connectivity index (χ2v) is 6.02. The monoisotopic (exact) mass is 351 g/mol. The lowest BCUT2D eigenvalue weighted by Gasteiger charge is -2.17. The van der Waals surface area contributed by atoms with Gasteiger partial charge in [0.2, 0.25) is 5.91 Å². The summed E-state index contributed by atoms with van der Waals surface area (Å²) in [4.78, 5) is 26.4. The molecule has 0 saturated carbocycles. The van der Waals surface area contributed by atoms with Crippen molar-refractivity contribution in [2.24, 2.45) is 0 Å². The van der Waals surface area contributed by atoms with Gasteiger partial charge in [0.25, 0.3) is 5.56 Å². The van der Waals surface area contributed by atoms with E-state index in [0.29, 0.717) is 25.0 Å². The molecular formula is C20H21N3O3. The molecule has 0 aliphatic heterocycles. The molecule has 0 atom stereocenters. The van der Waals surface area contributed by atoms with Crippen molar-refractivity contribution in [1.82, 2.24) is 14.7 Å². The first kappa shape index (κ1) is 17.7. The first-order chi connectivity index (χ1) is 12.6. The zero-order valence-corrected chi connectivity index (χ0v) is 14.7. The summed E-state index contributed by atoms with van der Waals surface area (Å²) in [5.74, 6) is 0.656. The Kier molecular flexibility index (Phi) is 5.63. The molecule has 0 radical (unpaired) electrons. The summed E-state index contributed by atoms with van der Waals surface area (Å²) in [5, 5.41) is 5.43. The molecule has 6 heteroatoms. The topological polar surface area (TPSA) is 64.4 Å². The van der Waals surface area contributed by atoms with Gasteiger partial charge in [-0.25, -0.2) is 4.68 Å². The molecule has 0 bridgehead atoms. The summed E-state index contributed by atoms with van der Waals surface area (Å²) in [6.07, 6.45) is 2.31. The molecule has 0 fully saturated rings. The minimum Gasteiger partial charge on any atom is -0.494 e. The van der Waals surface area contributed by atoms with Gasteiger partial charge in [-0.2, -0.15) is 5.10 Å². The fraction of sp³-hybridized carbons (Fsp3) is 0.250. The third-order valence-electron chi connectivity index (χ3n) is 4.12. The molecule has 1 amide bonds. The predicted molar refractivity (Wildman–Crippen MR) is 100 cm³/mol. The van der Waals surface area contributed by atoms with Crippen LogP contribution in [0.3, 0.4) is 0 Å². The molecule has 2 aromatic carbocycles. The molecule has 0 unspecified atom stereocenters. The molecule has 3 rings (SSSR count). The number of benzene rings is 2. The van der Waals surface area contributed by atoms with Gasteiger partial charge in [-0.1, -0.05) is 36.4 Å². The molecule has 134 valence electrons. The molecule has 1 heterocycles. The molecule has 1 aromatic heterocycles. The second kappa shape index (κ2) is 8.29. The molecular weight excluding hydrogens is 330 g/mol. The Labute approximate surface area is 151 Å². The largest absolute Gasteiger partial charge is 0.494 e. The number of nitrogens with zero attached hydrogens (tertiary/aromatic N) is 3. The van der Waals surface area contributed by atoms with Crippen molar-refractivity contribution in [2.75, 3.05) is 20.2 Å². The Morgan fingerprint density at radius 2 is 1.85 bits per heavy atom. The van der Waals surface area contributed by atoms with Crippen LogP contribution in [-0.4, -0.2) is 40.8 Å². The maximum Gasteiger partial charge on any atom is 0.275 e. The Hall–Kier alpha value is -3.15. The normalized spacial score (nSPS) is 10.7. The average molecular weight is 351 g/mol. The predicted octanol–water partition coefficient (Wildman–Crippen LogP) is 2.32. The Morgan fingerprint density at radius 3 is 2.65 bits per heavy atom. The van der Waals surface area contributed by atoms with Crippen molar-refractivity contribution < 1.29 is 9.53 Å². The molecule has 0 aliphatic carbocycles. The highest BCUT2D eigenvalue weighted by molar-refractivity contribution is 5.81. The summed E-state index contributed by atoms with van der Waals surface area (Å²) in [7, 11) is 1.72. The minimum atomic E-state index is -0.253. The maximum atomic E-state index is 12.4. The first-order valence-electron chi connectivity index (χ1n) is 8.52. The van der Waals surface area contributed by atoms with Gasteiger partial charge in [0.05, 0.1) is 18.2 Å². The first-order valence-corrected chi connectivity index (χ1v) is 8.52. The summed E-state index contributed by atoms with van der Waals surface area (Å²) < 4.78 is 6.83. The number of likely N-dealkylation sites (N-methyl/N-ethyl adjacent to an activating group) is 1. The van der Waals surface area contributed by atoms with E-state index in [4.69, 9.17) is 4.74 Å². The zero-order chi connectivity index (χ0) is 18.4. The van der Waals surface area contributed by atoms with Crippen LogP contribution in [0.5, 0.6) is 5.75 Å². The second-order valence-electron chi connectivity index (χ2n) is 6.02. The number of carbonyl (C=O) groups excluding carboxylic acids is 1. The maximum absolute atomic E-state index is 12.4. The van der Waals surface area contributed by atoms with Crippen molar-refractivity contribution >= 4 is 16.7 Å². The highest BCUT2D eigenvalue weighted by atomic mass is 16.5. The van der Waals surface area contributed by atoms with Crippen LogP contribution in [0.15, 0.2) is 65.6 Å². The molecule has 0 spiro atoms. The van der Waals surface area contributed by atoms with E-state index in [2.05, 4.69) is 5.10 Å². The highest BCUT2D eigenvalue weighted by Gasteiger charge is 2.12. The molecule has 0 N–H and O–H groups in total. The fourth-order valence-electron chi connectivity index (χ4n) is 2.62. The molecule has 0 saturated heterocycles. The quantitative estimate of drug-likeness (QED) is 0.613. The van der Waals surface area contributed by atoms with Crippen LogP contribution in [0.25, 0.3) is 10.8 Å². The molecule has 0 aliphatic rings. The lowest BCUT2D eigenvalue weighted by atomic mass is 10.2. The number of amides is 1. The van der Waals surface area contributed by atoms with Crippen LogP contribution >= 0.6 is 0 Å². The van der Waals surface area contributed by atoms with E-state index in [9.17, 15) is 9.59 Å². The number of hydrogen-bond acceptors (Lipinski definition) is 4. The molecule has 3 aromatic rings. The van der Waals surface area contributed by atoms with E-state index in [1.807, 2.05) is 42.5 Å². The highest BCUT2D eigenvalue weighted by Crippen LogP contribution is 2.09. The van der Waals surface area contributed by atoms with Gasteiger partial charge in [-0.15, -0.1) is 0 Å². The molecule has 6 nitrogen and oxygen atoms in total. The minimum absolute atomic E-state index is 0.0697. The van der Waals surface area contributed by atoms with Crippen molar-refractivity contribution in [3.8, 4) is 5.75 Å². The lowest BCUT2D eigenvalue weighted by molar-refractivity contribution is -0.130. The number of para-hydroxylation sites is 1. The van der Waals surface area contributed by atoms with Crippen molar-refractivity contribution in [1.29, 1.82) is 0 Å².